The minimum atomic E-state index is -0.147. The van der Waals surface area contributed by atoms with Gasteiger partial charge in [-0.2, -0.15) is 0 Å². The fraction of sp³-hybridized carbons (Fsp3) is 0.389. The number of nitrogens with zero attached hydrogens (tertiary/aromatic N) is 2. The van der Waals surface area contributed by atoms with Gasteiger partial charge in [-0.25, -0.2) is 4.98 Å². The quantitative estimate of drug-likeness (QED) is 0.811. The molecular weight excluding hydrogens is 358 g/mol. The van der Waals surface area contributed by atoms with Gasteiger partial charge in [-0.15, -0.1) is 0 Å². The number of rotatable bonds is 5. The zero-order valence-corrected chi connectivity index (χ0v) is 15.7. The van der Waals surface area contributed by atoms with E-state index in [1.165, 1.54) is 11.8 Å². The Balaban J connectivity index is 1.64. The van der Waals surface area contributed by atoms with Crippen molar-refractivity contribution in [2.75, 3.05) is 5.75 Å². The molecule has 1 aliphatic heterocycles. The first-order valence-corrected chi connectivity index (χ1v) is 9.58. The molecule has 132 valence electrons. The lowest BCUT2D eigenvalue weighted by atomic mass is 10.1. The summed E-state index contributed by atoms with van der Waals surface area (Å²) in [4.78, 5) is 29.2. The molecule has 0 saturated carbocycles. The van der Waals surface area contributed by atoms with E-state index in [1.54, 1.807) is 22.8 Å². The Morgan fingerprint density at radius 3 is 2.80 bits per heavy atom. The van der Waals surface area contributed by atoms with Crippen LogP contribution in [-0.2, 0) is 11.3 Å². The molecule has 25 heavy (non-hydrogen) atoms. The van der Waals surface area contributed by atoms with Crippen LogP contribution in [0.1, 0.15) is 43.5 Å². The third kappa shape index (κ3) is 4.25. The van der Waals surface area contributed by atoms with Crippen LogP contribution in [0.15, 0.2) is 40.3 Å². The van der Waals surface area contributed by atoms with Gasteiger partial charge in [-0.3, -0.25) is 14.2 Å². The van der Waals surface area contributed by atoms with E-state index < -0.39 is 0 Å². The van der Waals surface area contributed by atoms with E-state index in [4.69, 9.17) is 11.6 Å². The van der Waals surface area contributed by atoms with Crippen molar-refractivity contribution in [3.8, 4) is 0 Å². The van der Waals surface area contributed by atoms with Gasteiger partial charge in [-0.05, 0) is 23.6 Å². The lowest BCUT2D eigenvalue weighted by Crippen LogP contribution is -2.30. The van der Waals surface area contributed by atoms with E-state index in [-0.39, 0.29) is 29.8 Å². The van der Waals surface area contributed by atoms with Crippen LogP contribution in [0.25, 0.3) is 0 Å². The molecule has 0 spiro atoms. The van der Waals surface area contributed by atoms with Crippen LogP contribution >= 0.6 is 23.4 Å². The molecule has 5 nitrogen and oxygen atoms in total. The minimum absolute atomic E-state index is 0.0748. The first-order valence-electron chi connectivity index (χ1n) is 8.21. The van der Waals surface area contributed by atoms with E-state index in [2.05, 4.69) is 10.3 Å². The molecule has 1 aliphatic rings. The normalized spacial score (nSPS) is 16.1. The summed E-state index contributed by atoms with van der Waals surface area (Å²) in [5, 5.41) is 4.28. The zero-order chi connectivity index (χ0) is 18.0. The second kappa shape index (κ2) is 7.62. The summed E-state index contributed by atoms with van der Waals surface area (Å²) >= 11 is 7.39. The topological polar surface area (TPSA) is 64.0 Å². The predicted octanol–water partition coefficient (Wildman–Crippen LogP) is 3.37. The number of amides is 1. The number of halogens is 1. The van der Waals surface area contributed by atoms with E-state index >= 15 is 0 Å². The Hall–Kier alpha value is -1.79. The smallest absolute Gasteiger partial charge is 0.254 e. The molecule has 0 aliphatic carbocycles. The molecule has 2 heterocycles. The van der Waals surface area contributed by atoms with Crippen LogP contribution in [0, 0.1) is 0 Å². The number of carbonyl (C=O) groups is 1. The first-order chi connectivity index (χ1) is 11.9. The highest BCUT2D eigenvalue weighted by Gasteiger charge is 2.27. The van der Waals surface area contributed by atoms with Gasteiger partial charge in [0.1, 0.15) is 0 Å². The predicted molar refractivity (Wildman–Crippen MR) is 100 cm³/mol. The number of aromatic nitrogens is 2. The maximum Gasteiger partial charge on any atom is 0.254 e. The Labute approximate surface area is 155 Å². The molecular formula is C18H20ClN3O2S. The number of nitrogens with one attached hydrogen (secondary N) is 1. The molecule has 1 aromatic carbocycles. The average molecular weight is 378 g/mol. The largest absolute Gasteiger partial charge is 0.352 e. The van der Waals surface area contributed by atoms with Crippen LogP contribution in [0.5, 0.6) is 0 Å². The molecule has 0 unspecified atom stereocenters. The monoisotopic (exact) mass is 377 g/mol. The summed E-state index contributed by atoms with van der Waals surface area (Å²) in [5.41, 5.74) is 1.71. The maximum absolute atomic E-state index is 12.4. The fourth-order valence-electron chi connectivity index (χ4n) is 2.71. The van der Waals surface area contributed by atoms with Crippen molar-refractivity contribution in [1.29, 1.82) is 0 Å². The molecule has 1 amide bonds. The van der Waals surface area contributed by atoms with Gasteiger partial charge in [0.25, 0.3) is 5.56 Å². The van der Waals surface area contributed by atoms with Crippen molar-refractivity contribution in [3.05, 3.63) is 57.0 Å². The minimum Gasteiger partial charge on any atom is -0.352 e. The molecule has 1 N–H and O–H groups in total. The fourth-order valence-corrected chi connectivity index (χ4v) is 3.99. The lowest BCUT2D eigenvalue weighted by molar-refractivity contribution is -0.121. The van der Waals surface area contributed by atoms with E-state index in [9.17, 15) is 9.59 Å². The van der Waals surface area contributed by atoms with Gasteiger partial charge in [0.2, 0.25) is 5.91 Å². The highest BCUT2D eigenvalue weighted by Crippen LogP contribution is 2.32. The highest BCUT2D eigenvalue weighted by molar-refractivity contribution is 7.99. The number of hydrogen-bond donors (Lipinski definition) is 1. The molecule has 7 heteroatoms. The van der Waals surface area contributed by atoms with Crippen molar-refractivity contribution in [1.82, 2.24) is 14.9 Å². The molecule has 2 aromatic rings. The zero-order valence-electron chi connectivity index (χ0n) is 14.2. The molecule has 0 radical (unpaired) electrons. The molecule has 0 fully saturated rings. The van der Waals surface area contributed by atoms with E-state index in [1.807, 2.05) is 26.0 Å². The molecule has 0 saturated heterocycles. The number of benzene rings is 1. The molecule has 1 atom stereocenters. The maximum atomic E-state index is 12.4. The molecule has 1 aromatic heterocycles. The lowest BCUT2D eigenvalue weighted by Gasteiger charge is -2.14. The SMILES string of the molecule is CC(C)c1cc(=O)n2c(n1)SC[C@@H]2CC(=O)NCc1ccc(Cl)cc1. The Kier molecular flexibility index (Phi) is 5.49. The average Bonchev–Trinajstić information content (AvgIpc) is 2.97. The second-order valence-electron chi connectivity index (χ2n) is 6.40. The Morgan fingerprint density at radius 1 is 1.40 bits per heavy atom. The van der Waals surface area contributed by atoms with Gasteiger partial charge in [-0.1, -0.05) is 49.3 Å². The summed E-state index contributed by atoms with van der Waals surface area (Å²) < 4.78 is 1.65. The summed E-state index contributed by atoms with van der Waals surface area (Å²) in [6.45, 7) is 4.47. The number of carbonyl (C=O) groups excluding carboxylic acids is 1. The van der Waals surface area contributed by atoms with Crippen LogP contribution < -0.4 is 10.9 Å². The number of thioether (sulfide) groups is 1. The summed E-state index contributed by atoms with van der Waals surface area (Å²) in [6.07, 6.45) is 0.274. The summed E-state index contributed by atoms with van der Waals surface area (Å²) in [5.74, 6) is 0.826. The van der Waals surface area contributed by atoms with Crippen molar-refractivity contribution in [3.63, 3.8) is 0 Å². The van der Waals surface area contributed by atoms with Crippen LogP contribution in [0.3, 0.4) is 0 Å². The Morgan fingerprint density at radius 2 is 2.12 bits per heavy atom. The standard InChI is InChI=1S/C18H20ClN3O2S/c1-11(2)15-8-17(24)22-14(10-25-18(22)21-15)7-16(23)20-9-12-3-5-13(19)6-4-12/h3-6,8,11,14H,7,9-10H2,1-2H3,(H,20,23)/t14-/m0/s1. The van der Waals surface area contributed by atoms with Crippen molar-refractivity contribution >= 4 is 29.3 Å². The second-order valence-corrected chi connectivity index (χ2v) is 7.82. The van der Waals surface area contributed by atoms with Gasteiger partial charge in [0, 0.05) is 29.8 Å². The van der Waals surface area contributed by atoms with E-state index in [0.717, 1.165) is 11.3 Å². The number of hydrogen-bond acceptors (Lipinski definition) is 4. The summed E-state index contributed by atoms with van der Waals surface area (Å²) in [7, 11) is 0. The van der Waals surface area contributed by atoms with Crippen LogP contribution in [0.2, 0.25) is 5.02 Å². The highest BCUT2D eigenvalue weighted by atomic mass is 35.5. The van der Waals surface area contributed by atoms with Gasteiger partial charge in [0.05, 0.1) is 11.7 Å². The summed E-state index contributed by atoms with van der Waals surface area (Å²) in [6, 6.07) is 8.79. The van der Waals surface area contributed by atoms with E-state index in [0.29, 0.717) is 22.5 Å². The molecule has 3 rings (SSSR count). The van der Waals surface area contributed by atoms with Gasteiger partial charge in [0.15, 0.2) is 5.16 Å². The molecule has 0 bridgehead atoms. The van der Waals surface area contributed by atoms with Crippen molar-refractivity contribution < 1.29 is 4.79 Å². The number of fused-ring (bicyclic) bond motifs is 1. The third-order valence-corrected chi connectivity index (χ3v) is 5.47. The first kappa shape index (κ1) is 18.0. The van der Waals surface area contributed by atoms with Crippen molar-refractivity contribution in [2.45, 2.75) is 43.9 Å². The Bertz CT molecular complexity index is 833. The van der Waals surface area contributed by atoms with Gasteiger partial charge < -0.3 is 5.32 Å². The van der Waals surface area contributed by atoms with Crippen LogP contribution in [0.4, 0.5) is 0 Å². The van der Waals surface area contributed by atoms with Crippen LogP contribution in [-0.4, -0.2) is 21.2 Å². The third-order valence-electron chi connectivity index (χ3n) is 4.13. The van der Waals surface area contributed by atoms with Crippen molar-refractivity contribution in [2.24, 2.45) is 0 Å². The van der Waals surface area contributed by atoms with Gasteiger partial charge >= 0.3 is 0 Å².